The average molecular weight is 303 g/mol. The van der Waals surface area contributed by atoms with Gasteiger partial charge in [0.1, 0.15) is 5.52 Å². The first-order valence-corrected chi connectivity index (χ1v) is 8.53. The second-order valence-electron chi connectivity index (χ2n) is 5.25. The minimum absolute atomic E-state index is 0.0897. The summed E-state index contributed by atoms with van der Waals surface area (Å²) in [7, 11) is -2.92. The third-order valence-corrected chi connectivity index (χ3v) is 5.48. The molecule has 0 aliphatic carbocycles. The summed E-state index contributed by atoms with van der Waals surface area (Å²) < 4.78 is 30.5. The van der Waals surface area contributed by atoms with Crippen LogP contribution in [0.4, 0.5) is 0 Å². The molecule has 1 atom stereocenters. The Kier molecular flexibility index (Phi) is 2.65. The van der Waals surface area contributed by atoms with Gasteiger partial charge in [-0.1, -0.05) is 12.1 Å². The van der Waals surface area contributed by atoms with E-state index in [1.807, 2.05) is 24.3 Å². The molecule has 0 spiro atoms. The number of benzene rings is 1. The Morgan fingerprint density at radius 3 is 2.90 bits per heavy atom. The predicted octanol–water partition coefficient (Wildman–Crippen LogP) is 2.05. The van der Waals surface area contributed by atoms with E-state index in [0.717, 1.165) is 16.7 Å². The molecular weight excluding hydrogens is 290 g/mol. The number of aromatic nitrogens is 3. The van der Waals surface area contributed by atoms with Gasteiger partial charge >= 0.3 is 0 Å². The summed E-state index contributed by atoms with van der Waals surface area (Å²) >= 11 is 0. The standard InChI is InChI=1S/C14H13N3O3S/c18-21(19)6-5-11(9-21)17-8-10(7-15-17)14-16-12-3-1-2-4-13(12)20-14/h1-4,7-8,11H,5-6,9H2/t11-/m0/s1. The van der Waals surface area contributed by atoms with E-state index < -0.39 is 9.84 Å². The maximum absolute atomic E-state index is 11.5. The molecule has 1 saturated heterocycles. The minimum Gasteiger partial charge on any atom is -0.436 e. The van der Waals surface area contributed by atoms with Crippen LogP contribution in [-0.4, -0.2) is 34.7 Å². The van der Waals surface area contributed by atoms with Gasteiger partial charge in [0.25, 0.3) is 0 Å². The lowest BCUT2D eigenvalue weighted by Crippen LogP contribution is -2.11. The molecule has 0 radical (unpaired) electrons. The van der Waals surface area contributed by atoms with Crippen LogP contribution >= 0.6 is 0 Å². The summed E-state index contributed by atoms with van der Waals surface area (Å²) in [6.07, 6.45) is 4.07. The van der Waals surface area contributed by atoms with Gasteiger partial charge in [-0.15, -0.1) is 0 Å². The number of hydrogen-bond acceptors (Lipinski definition) is 5. The van der Waals surface area contributed by atoms with Gasteiger partial charge in [-0.2, -0.15) is 5.10 Å². The quantitative estimate of drug-likeness (QED) is 0.724. The Morgan fingerprint density at radius 2 is 2.14 bits per heavy atom. The van der Waals surface area contributed by atoms with E-state index in [0.29, 0.717) is 12.3 Å². The topological polar surface area (TPSA) is 78.0 Å². The highest BCUT2D eigenvalue weighted by molar-refractivity contribution is 7.91. The van der Waals surface area contributed by atoms with E-state index in [9.17, 15) is 8.42 Å². The Balaban J connectivity index is 1.68. The summed E-state index contributed by atoms with van der Waals surface area (Å²) in [6.45, 7) is 0. The van der Waals surface area contributed by atoms with Crippen molar-refractivity contribution in [3.8, 4) is 11.5 Å². The summed E-state index contributed by atoms with van der Waals surface area (Å²) in [5.41, 5.74) is 2.28. The van der Waals surface area contributed by atoms with Crippen LogP contribution in [0.5, 0.6) is 0 Å². The van der Waals surface area contributed by atoms with Crippen LogP contribution in [0.2, 0.25) is 0 Å². The van der Waals surface area contributed by atoms with Crippen molar-refractivity contribution in [3.05, 3.63) is 36.7 Å². The van der Waals surface area contributed by atoms with Crippen LogP contribution in [0, 0.1) is 0 Å². The van der Waals surface area contributed by atoms with Crippen molar-refractivity contribution >= 4 is 20.9 Å². The van der Waals surface area contributed by atoms with Gasteiger partial charge in [0.05, 0.1) is 29.3 Å². The number of rotatable bonds is 2. The zero-order valence-electron chi connectivity index (χ0n) is 11.1. The highest BCUT2D eigenvalue weighted by atomic mass is 32.2. The molecule has 0 saturated carbocycles. The zero-order chi connectivity index (χ0) is 14.4. The lowest BCUT2D eigenvalue weighted by Gasteiger charge is -2.06. The monoisotopic (exact) mass is 303 g/mol. The van der Waals surface area contributed by atoms with Gasteiger partial charge in [-0.05, 0) is 18.6 Å². The third-order valence-electron chi connectivity index (χ3n) is 3.72. The van der Waals surface area contributed by atoms with Gasteiger partial charge in [0, 0.05) is 6.20 Å². The summed E-state index contributed by atoms with van der Waals surface area (Å²) in [6, 6.07) is 7.45. The Labute approximate surface area is 121 Å². The lowest BCUT2D eigenvalue weighted by molar-refractivity contribution is 0.499. The smallest absolute Gasteiger partial charge is 0.230 e. The van der Waals surface area contributed by atoms with E-state index in [4.69, 9.17) is 4.42 Å². The SMILES string of the molecule is O=S1(=O)CC[C@H](n2cc(-c3nc4ccccc4o3)cn2)C1. The van der Waals surface area contributed by atoms with Crippen LogP contribution in [-0.2, 0) is 9.84 Å². The molecular formula is C14H13N3O3S. The van der Waals surface area contributed by atoms with Gasteiger partial charge < -0.3 is 4.42 Å². The zero-order valence-corrected chi connectivity index (χ0v) is 12.0. The number of para-hydroxylation sites is 2. The summed E-state index contributed by atoms with van der Waals surface area (Å²) in [4.78, 5) is 4.41. The van der Waals surface area contributed by atoms with Crippen molar-refractivity contribution < 1.29 is 12.8 Å². The second-order valence-corrected chi connectivity index (χ2v) is 7.48. The molecule has 21 heavy (non-hydrogen) atoms. The molecule has 3 aromatic rings. The van der Waals surface area contributed by atoms with Crippen LogP contribution in [0.15, 0.2) is 41.1 Å². The molecule has 1 fully saturated rings. The molecule has 3 heterocycles. The van der Waals surface area contributed by atoms with Crippen LogP contribution in [0.1, 0.15) is 12.5 Å². The molecule has 1 aromatic carbocycles. The lowest BCUT2D eigenvalue weighted by atomic mass is 10.3. The first-order valence-electron chi connectivity index (χ1n) is 6.71. The number of fused-ring (bicyclic) bond motifs is 1. The van der Waals surface area contributed by atoms with Crippen molar-refractivity contribution in [2.45, 2.75) is 12.5 Å². The highest BCUT2D eigenvalue weighted by Crippen LogP contribution is 2.27. The fraction of sp³-hybridized carbons (Fsp3) is 0.286. The number of oxazole rings is 1. The van der Waals surface area contributed by atoms with E-state index in [2.05, 4.69) is 10.1 Å². The van der Waals surface area contributed by atoms with Crippen LogP contribution < -0.4 is 0 Å². The molecule has 1 aliphatic rings. The molecule has 0 unspecified atom stereocenters. The number of sulfone groups is 1. The van der Waals surface area contributed by atoms with Crippen molar-refractivity contribution in [2.24, 2.45) is 0 Å². The van der Waals surface area contributed by atoms with Gasteiger partial charge in [-0.3, -0.25) is 4.68 Å². The Bertz CT molecular complexity index is 877. The predicted molar refractivity (Wildman–Crippen MR) is 77.5 cm³/mol. The van der Waals surface area contributed by atoms with Crippen molar-refractivity contribution in [2.75, 3.05) is 11.5 Å². The molecule has 0 amide bonds. The summed E-state index contributed by atoms with van der Waals surface area (Å²) in [5, 5.41) is 4.26. The normalized spacial score (nSPS) is 21.0. The first-order chi connectivity index (χ1) is 10.1. The van der Waals surface area contributed by atoms with Crippen LogP contribution in [0.3, 0.4) is 0 Å². The molecule has 0 bridgehead atoms. The van der Waals surface area contributed by atoms with E-state index >= 15 is 0 Å². The number of nitrogens with zero attached hydrogens (tertiary/aromatic N) is 3. The average Bonchev–Trinajstić information content (AvgIpc) is 3.14. The Morgan fingerprint density at radius 1 is 1.29 bits per heavy atom. The fourth-order valence-corrected chi connectivity index (χ4v) is 4.33. The largest absolute Gasteiger partial charge is 0.436 e. The highest BCUT2D eigenvalue weighted by Gasteiger charge is 2.29. The maximum Gasteiger partial charge on any atom is 0.230 e. The van der Waals surface area contributed by atoms with Gasteiger partial charge in [0.15, 0.2) is 15.4 Å². The molecule has 108 valence electrons. The minimum atomic E-state index is -2.92. The van der Waals surface area contributed by atoms with Crippen LogP contribution in [0.25, 0.3) is 22.6 Å². The molecule has 4 rings (SSSR count). The summed E-state index contributed by atoms with van der Waals surface area (Å²) in [5.74, 6) is 0.889. The fourth-order valence-electron chi connectivity index (χ4n) is 2.63. The number of hydrogen-bond donors (Lipinski definition) is 0. The van der Waals surface area contributed by atoms with E-state index in [-0.39, 0.29) is 17.5 Å². The molecule has 1 aliphatic heterocycles. The third kappa shape index (κ3) is 2.23. The molecule has 7 heteroatoms. The van der Waals surface area contributed by atoms with Gasteiger partial charge in [-0.25, -0.2) is 13.4 Å². The molecule has 6 nitrogen and oxygen atoms in total. The Hall–Kier alpha value is -2.15. The maximum atomic E-state index is 11.5. The van der Waals surface area contributed by atoms with Gasteiger partial charge in [0.2, 0.25) is 5.89 Å². The van der Waals surface area contributed by atoms with Crippen molar-refractivity contribution in [1.82, 2.24) is 14.8 Å². The second kappa shape index (κ2) is 4.42. The van der Waals surface area contributed by atoms with E-state index in [1.54, 1.807) is 17.1 Å². The first kappa shape index (κ1) is 12.6. The van der Waals surface area contributed by atoms with Crippen molar-refractivity contribution in [1.29, 1.82) is 0 Å². The molecule has 0 N–H and O–H groups in total. The van der Waals surface area contributed by atoms with Crippen molar-refractivity contribution in [3.63, 3.8) is 0 Å². The molecule has 2 aromatic heterocycles. The van der Waals surface area contributed by atoms with E-state index in [1.165, 1.54) is 0 Å².